The van der Waals surface area contributed by atoms with Crippen LogP contribution in [0, 0.1) is 0 Å². The Kier molecular flexibility index (Phi) is 5.20. The van der Waals surface area contributed by atoms with E-state index < -0.39 is 0 Å². The molecule has 1 heterocycles. The second-order valence-corrected chi connectivity index (χ2v) is 3.27. The Morgan fingerprint density at radius 3 is 3.31 bits per heavy atom. The number of nitrogens with zero attached hydrogens (tertiary/aromatic N) is 1. The first-order valence-corrected chi connectivity index (χ1v) is 5.18. The minimum absolute atomic E-state index is 0.730. The summed E-state index contributed by atoms with van der Waals surface area (Å²) in [6.07, 6.45) is 2.47. The fourth-order valence-corrected chi connectivity index (χ4v) is 1.46. The van der Waals surface area contributed by atoms with Crippen molar-refractivity contribution >= 4 is 11.3 Å². The predicted octanol–water partition coefficient (Wildman–Crippen LogP) is 1.78. The van der Waals surface area contributed by atoms with E-state index in [1.54, 1.807) is 11.3 Å². The molecule has 0 saturated heterocycles. The third-order valence-electron chi connectivity index (χ3n) is 1.52. The molecule has 1 aromatic heterocycles. The van der Waals surface area contributed by atoms with Gasteiger partial charge in [-0.2, -0.15) is 0 Å². The topological polar surface area (TPSA) is 34.1 Å². The highest BCUT2D eigenvalue weighted by Crippen LogP contribution is 1.99. The van der Waals surface area contributed by atoms with Crippen LogP contribution in [-0.4, -0.2) is 18.1 Å². The molecule has 1 aromatic rings. The molecule has 0 fully saturated rings. The van der Waals surface area contributed by atoms with Crippen molar-refractivity contribution in [3.05, 3.63) is 29.4 Å². The molecule has 72 valence electrons. The van der Waals surface area contributed by atoms with Crippen LogP contribution in [0.1, 0.15) is 12.1 Å². The molecule has 0 unspecified atom stereocenters. The lowest BCUT2D eigenvalue weighted by Crippen LogP contribution is -2.16. The summed E-state index contributed by atoms with van der Waals surface area (Å²) in [5, 5.41) is 5.33. The predicted molar refractivity (Wildman–Crippen MR) is 54.6 cm³/mol. The highest BCUT2D eigenvalue weighted by atomic mass is 32.1. The van der Waals surface area contributed by atoms with Gasteiger partial charge in [0.1, 0.15) is 0 Å². The Morgan fingerprint density at radius 2 is 2.62 bits per heavy atom. The van der Waals surface area contributed by atoms with E-state index in [9.17, 15) is 0 Å². The summed E-state index contributed by atoms with van der Waals surface area (Å²) >= 11 is 1.62. The first kappa shape index (κ1) is 10.2. The molecule has 13 heavy (non-hydrogen) atoms. The molecule has 1 N–H and O–H groups in total. The smallest absolute Gasteiger partial charge is 0.0885 e. The number of nitrogens with one attached hydrogen (secondary N) is 1. The summed E-state index contributed by atoms with van der Waals surface area (Å²) in [5.41, 5.74) is 2.95. The summed E-state index contributed by atoms with van der Waals surface area (Å²) in [6.45, 7) is 5.99. The van der Waals surface area contributed by atoms with E-state index in [0.717, 1.165) is 31.8 Å². The fraction of sp³-hybridized carbons (Fsp3) is 0.444. The number of ether oxygens (including phenoxy) is 1. The van der Waals surface area contributed by atoms with Crippen molar-refractivity contribution in [3.63, 3.8) is 0 Å². The summed E-state index contributed by atoms with van der Waals surface area (Å²) in [4.78, 5) is 4.16. The zero-order valence-corrected chi connectivity index (χ0v) is 8.35. The lowest BCUT2D eigenvalue weighted by molar-refractivity contribution is 0.244. The fourth-order valence-electron chi connectivity index (χ4n) is 0.905. The van der Waals surface area contributed by atoms with Crippen LogP contribution in [0.25, 0.3) is 0 Å². The van der Waals surface area contributed by atoms with Gasteiger partial charge in [-0.05, 0) is 13.0 Å². The molecule has 0 aliphatic rings. The van der Waals surface area contributed by atoms with Gasteiger partial charge < -0.3 is 10.1 Å². The number of aromatic nitrogens is 1. The van der Waals surface area contributed by atoms with E-state index in [-0.39, 0.29) is 0 Å². The summed E-state index contributed by atoms with van der Waals surface area (Å²) < 4.78 is 4.98. The normalized spacial score (nSPS) is 9.85. The molecule has 4 heteroatoms. The van der Waals surface area contributed by atoms with E-state index in [4.69, 9.17) is 4.74 Å². The van der Waals surface area contributed by atoms with Crippen LogP contribution in [0.5, 0.6) is 0 Å². The molecule has 0 spiro atoms. The van der Waals surface area contributed by atoms with Crippen LogP contribution in [0.15, 0.2) is 23.7 Å². The minimum atomic E-state index is 0.730. The maximum atomic E-state index is 4.98. The van der Waals surface area contributed by atoms with Gasteiger partial charge in [0.05, 0.1) is 24.1 Å². The van der Waals surface area contributed by atoms with Gasteiger partial charge in [0, 0.05) is 11.9 Å². The van der Waals surface area contributed by atoms with Crippen LogP contribution >= 0.6 is 11.3 Å². The van der Waals surface area contributed by atoms with Gasteiger partial charge in [0.2, 0.25) is 0 Å². The van der Waals surface area contributed by atoms with Crippen molar-refractivity contribution in [2.24, 2.45) is 0 Å². The number of rotatable bonds is 7. The van der Waals surface area contributed by atoms with E-state index in [1.165, 1.54) is 6.26 Å². The molecule has 0 aliphatic carbocycles. The molecule has 0 bridgehead atoms. The number of hydrogen-bond donors (Lipinski definition) is 1. The van der Waals surface area contributed by atoms with E-state index >= 15 is 0 Å². The van der Waals surface area contributed by atoms with E-state index in [0.29, 0.717) is 0 Å². The van der Waals surface area contributed by atoms with Crippen molar-refractivity contribution in [2.75, 3.05) is 13.2 Å². The lowest BCUT2D eigenvalue weighted by atomic mass is 10.4. The van der Waals surface area contributed by atoms with Gasteiger partial charge in [0.15, 0.2) is 0 Å². The molecular formula is C9H14N2OS. The monoisotopic (exact) mass is 198 g/mol. The largest absolute Gasteiger partial charge is 0.502 e. The number of hydrogen-bond acceptors (Lipinski definition) is 4. The van der Waals surface area contributed by atoms with E-state index in [2.05, 4.69) is 16.9 Å². The Hall–Kier alpha value is -0.870. The highest BCUT2D eigenvalue weighted by Gasteiger charge is 1.92. The van der Waals surface area contributed by atoms with Gasteiger partial charge in [-0.25, -0.2) is 4.98 Å². The first-order valence-electron chi connectivity index (χ1n) is 4.24. The molecule has 0 saturated carbocycles. The third-order valence-corrected chi connectivity index (χ3v) is 2.16. The highest BCUT2D eigenvalue weighted by molar-refractivity contribution is 7.07. The quantitative estimate of drug-likeness (QED) is 0.535. The SMILES string of the molecule is C=COCCCNCc1cscn1. The number of thiazole rings is 1. The first-order chi connectivity index (χ1) is 6.43. The average molecular weight is 198 g/mol. The van der Waals surface area contributed by atoms with Crippen LogP contribution < -0.4 is 5.32 Å². The standard InChI is InChI=1S/C9H14N2OS/c1-2-12-5-3-4-10-6-9-7-13-8-11-9/h2,7-8,10H,1,3-6H2. The molecule has 0 radical (unpaired) electrons. The summed E-state index contributed by atoms with van der Waals surface area (Å²) in [7, 11) is 0. The molecule has 0 atom stereocenters. The Labute approximate surface area is 82.5 Å². The summed E-state index contributed by atoms with van der Waals surface area (Å²) in [6, 6.07) is 0. The lowest BCUT2D eigenvalue weighted by Gasteiger charge is -2.02. The van der Waals surface area contributed by atoms with Crippen molar-refractivity contribution in [1.29, 1.82) is 0 Å². The maximum Gasteiger partial charge on any atom is 0.0885 e. The van der Waals surface area contributed by atoms with Crippen LogP contribution in [-0.2, 0) is 11.3 Å². The van der Waals surface area contributed by atoms with Crippen molar-refractivity contribution in [1.82, 2.24) is 10.3 Å². The molecule has 0 amide bonds. The van der Waals surface area contributed by atoms with E-state index in [1.807, 2.05) is 10.9 Å². The second kappa shape index (κ2) is 6.62. The third kappa shape index (κ3) is 4.65. The van der Waals surface area contributed by atoms with Crippen molar-refractivity contribution in [3.8, 4) is 0 Å². The van der Waals surface area contributed by atoms with Crippen molar-refractivity contribution < 1.29 is 4.74 Å². The minimum Gasteiger partial charge on any atom is -0.502 e. The van der Waals surface area contributed by atoms with Gasteiger partial charge in [-0.3, -0.25) is 0 Å². The zero-order chi connectivity index (χ0) is 9.36. The Morgan fingerprint density at radius 1 is 1.69 bits per heavy atom. The van der Waals surface area contributed by atoms with Crippen LogP contribution in [0.4, 0.5) is 0 Å². The second-order valence-electron chi connectivity index (χ2n) is 2.55. The van der Waals surface area contributed by atoms with Gasteiger partial charge >= 0.3 is 0 Å². The van der Waals surface area contributed by atoms with Gasteiger partial charge in [0.25, 0.3) is 0 Å². The van der Waals surface area contributed by atoms with Gasteiger partial charge in [-0.1, -0.05) is 6.58 Å². The molecular weight excluding hydrogens is 184 g/mol. The summed E-state index contributed by atoms with van der Waals surface area (Å²) in [5.74, 6) is 0. The molecule has 3 nitrogen and oxygen atoms in total. The molecule has 1 rings (SSSR count). The van der Waals surface area contributed by atoms with Crippen LogP contribution in [0.3, 0.4) is 0 Å². The zero-order valence-electron chi connectivity index (χ0n) is 7.53. The average Bonchev–Trinajstić information content (AvgIpc) is 2.63. The van der Waals surface area contributed by atoms with Gasteiger partial charge in [-0.15, -0.1) is 11.3 Å². The molecule has 0 aliphatic heterocycles. The Bertz CT molecular complexity index is 224. The molecule has 0 aromatic carbocycles. The maximum absolute atomic E-state index is 4.98. The van der Waals surface area contributed by atoms with Crippen molar-refractivity contribution in [2.45, 2.75) is 13.0 Å². The Balaban J connectivity index is 1.93. The van der Waals surface area contributed by atoms with Crippen LogP contribution in [0.2, 0.25) is 0 Å².